The molecule has 2 heteroatoms. The summed E-state index contributed by atoms with van der Waals surface area (Å²) < 4.78 is 10.0. The van der Waals surface area contributed by atoms with Crippen LogP contribution in [0.15, 0.2) is 0 Å². The number of rotatable bonds is 3. The Hall–Kier alpha value is -0.520. The molecule has 0 aliphatic carbocycles. The van der Waals surface area contributed by atoms with Crippen molar-refractivity contribution in [2.24, 2.45) is 0 Å². The normalized spacial score (nSPS) is 22.6. The van der Waals surface area contributed by atoms with E-state index in [0.717, 1.165) is 6.61 Å². The summed E-state index contributed by atoms with van der Waals surface area (Å²) in [6, 6.07) is 0. The number of hydrogen-bond donors (Lipinski definition) is 0. The summed E-state index contributed by atoms with van der Waals surface area (Å²) in [7, 11) is 0. The molecule has 2 nitrogen and oxygen atoms in total. The molecule has 9 heavy (non-hydrogen) atoms. The van der Waals surface area contributed by atoms with Crippen LogP contribution in [0.1, 0.15) is 6.92 Å². The van der Waals surface area contributed by atoms with Crippen LogP contribution in [0.2, 0.25) is 0 Å². The predicted molar refractivity (Wildman–Crippen MR) is 34.0 cm³/mol. The first kappa shape index (κ1) is 6.60. The topological polar surface area (TPSA) is 21.8 Å². The van der Waals surface area contributed by atoms with Gasteiger partial charge in [0.1, 0.15) is 12.7 Å². The van der Waals surface area contributed by atoms with Crippen molar-refractivity contribution in [2.75, 3.05) is 19.8 Å². The van der Waals surface area contributed by atoms with Gasteiger partial charge in [-0.1, -0.05) is 5.92 Å². The highest BCUT2D eigenvalue weighted by molar-refractivity contribution is 4.94. The van der Waals surface area contributed by atoms with Gasteiger partial charge in [0.05, 0.1) is 13.2 Å². The van der Waals surface area contributed by atoms with Crippen LogP contribution >= 0.6 is 0 Å². The summed E-state index contributed by atoms with van der Waals surface area (Å²) in [4.78, 5) is 0. The molecule has 0 unspecified atom stereocenters. The van der Waals surface area contributed by atoms with Crippen molar-refractivity contribution in [2.45, 2.75) is 13.0 Å². The van der Waals surface area contributed by atoms with Gasteiger partial charge >= 0.3 is 0 Å². The second-order valence-corrected chi connectivity index (χ2v) is 1.90. The molecular weight excluding hydrogens is 116 g/mol. The highest BCUT2D eigenvalue weighted by Crippen LogP contribution is 2.07. The average molecular weight is 126 g/mol. The Labute approximate surface area is 55.1 Å². The molecule has 0 aromatic rings. The van der Waals surface area contributed by atoms with E-state index in [1.54, 1.807) is 6.92 Å². The minimum absolute atomic E-state index is 0.364. The molecule has 0 bridgehead atoms. The van der Waals surface area contributed by atoms with E-state index in [0.29, 0.717) is 19.3 Å². The highest BCUT2D eigenvalue weighted by atomic mass is 16.6. The van der Waals surface area contributed by atoms with Gasteiger partial charge in [0.2, 0.25) is 0 Å². The lowest BCUT2D eigenvalue weighted by molar-refractivity contribution is 0.145. The molecular formula is C7H10O2. The fourth-order valence-electron chi connectivity index (χ4n) is 0.478. The molecule has 0 N–H and O–H groups in total. The van der Waals surface area contributed by atoms with Gasteiger partial charge in [-0.3, -0.25) is 0 Å². The zero-order chi connectivity index (χ0) is 6.53. The van der Waals surface area contributed by atoms with E-state index in [1.807, 2.05) is 0 Å². The fourth-order valence-corrected chi connectivity index (χ4v) is 0.478. The molecule has 1 rings (SSSR count). The van der Waals surface area contributed by atoms with Crippen LogP contribution in [0.4, 0.5) is 0 Å². The van der Waals surface area contributed by atoms with Crippen molar-refractivity contribution < 1.29 is 9.47 Å². The lowest BCUT2D eigenvalue weighted by Crippen LogP contribution is -2.00. The van der Waals surface area contributed by atoms with E-state index in [1.165, 1.54) is 0 Å². The van der Waals surface area contributed by atoms with Crippen LogP contribution in [0.25, 0.3) is 0 Å². The van der Waals surface area contributed by atoms with Gasteiger partial charge < -0.3 is 9.47 Å². The van der Waals surface area contributed by atoms with Crippen LogP contribution in [-0.4, -0.2) is 25.9 Å². The van der Waals surface area contributed by atoms with Crippen LogP contribution in [0, 0.1) is 11.8 Å². The van der Waals surface area contributed by atoms with Crippen molar-refractivity contribution in [3.8, 4) is 11.8 Å². The molecule has 0 aromatic carbocycles. The Bertz CT molecular complexity index is 128. The molecule has 0 spiro atoms. The van der Waals surface area contributed by atoms with Gasteiger partial charge in [0.25, 0.3) is 0 Å². The highest BCUT2D eigenvalue weighted by Gasteiger charge is 2.21. The average Bonchev–Trinajstić information content (AvgIpc) is 2.63. The first-order valence-electron chi connectivity index (χ1n) is 3.02. The zero-order valence-corrected chi connectivity index (χ0v) is 5.52. The van der Waals surface area contributed by atoms with Crippen molar-refractivity contribution >= 4 is 0 Å². The van der Waals surface area contributed by atoms with Crippen LogP contribution in [0.5, 0.6) is 0 Å². The lowest BCUT2D eigenvalue weighted by atomic mass is 10.5. The Kier molecular flexibility index (Phi) is 2.56. The Morgan fingerprint density at radius 3 is 3.11 bits per heavy atom. The lowest BCUT2D eigenvalue weighted by Gasteiger charge is -1.91. The Balaban J connectivity index is 1.84. The molecule has 1 heterocycles. The van der Waals surface area contributed by atoms with Crippen LogP contribution in [-0.2, 0) is 9.47 Å². The minimum Gasteiger partial charge on any atom is -0.371 e. The minimum atomic E-state index is 0.364. The summed E-state index contributed by atoms with van der Waals surface area (Å²) in [5.74, 6) is 5.55. The molecule has 1 fully saturated rings. The maximum atomic E-state index is 5.10. The largest absolute Gasteiger partial charge is 0.371 e. The maximum Gasteiger partial charge on any atom is 0.107 e. The molecule has 1 atom stereocenters. The van der Waals surface area contributed by atoms with Gasteiger partial charge in [0, 0.05) is 0 Å². The zero-order valence-electron chi connectivity index (χ0n) is 5.52. The summed E-state index contributed by atoms with van der Waals surface area (Å²) in [5, 5.41) is 0. The predicted octanol–water partition coefficient (Wildman–Crippen LogP) is 0.425. The van der Waals surface area contributed by atoms with Crippen LogP contribution < -0.4 is 0 Å². The van der Waals surface area contributed by atoms with Gasteiger partial charge in [-0.15, -0.1) is 5.92 Å². The first-order chi connectivity index (χ1) is 4.43. The standard InChI is InChI=1S/C7H10O2/c1-2-3-4-8-5-7-6-9-7/h7H,4-6H2,1H3/t7-/m1/s1. The third kappa shape index (κ3) is 3.12. The third-order valence-corrected chi connectivity index (χ3v) is 1.06. The monoisotopic (exact) mass is 126 g/mol. The summed E-state index contributed by atoms with van der Waals surface area (Å²) in [6.07, 6.45) is 0.364. The molecule has 50 valence electrons. The second-order valence-electron chi connectivity index (χ2n) is 1.90. The number of epoxide rings is 1. The van der Waals surface area contributed by atoms with E-state index >= 15 is 0 Å². The SMILES string of the molecule is CC#CCOC[C@@H]1CO1. The summed E-state index contributed by atoms with van der Waals surface area (Å²) >= 11 is 0. The van der Waals surface area contributed by atoms with Crippen molar-refractivity contribution in [3.63, 3.8) is 0 Å². The molecule has 1 saturated heterocycles. The Morgan fingerprint density at radius 1 is 1.78 bits per heavy atom. The molecule has 1 aliphatic rings. The van der Waals surface area contributed by atoms with Crippen molar-refractivity contribution in [1.29, 1.82) is 0 Å². The van der Waals surface area contributed by atoms with E-state index in [-0.39, 0.29) is 0 Å². The second kappa shape index (κ2) is 3.49. The summed E-state index contributed by atoms with van der Waals surface area (Å²) in [5.41, 5.74) is 0. The van der Waals surface area contributed by atoms with E-state index in [9.17, 15) is 0 Å². The quantitative estimate of drug-likeness (QED) is 0.310. The number of ether oxygens (including phenoxy) is 2. The molecule has 0 radical (unpaired) electrons. The van der Waals surface area contributed by atoms with Gasteiger partial charge in [0.15, 0.2) is 0 Å². The molecule has 0 aromatic heterocycles. The molecule has 0 amide bonds. The molecule has 0 saturated carbocycles. The molecule has 1 aliphatic heterocycles. The van der Waals surface area contributed by atoms with Gasteiger partial charge in [-0.2, -0.15) is 0 Å². The summed E-state index contributed by atoms with van der Waals surface area (Å²) in [6.45, 7) is 3.90. The van der Waals surface area contributed by atoms with Crippen molar-refractivity contribution in [1.82, 2.24) is 0 Å². The fraction of sp³-hybridized carbons (Fsp3) is 0.714. The van der Waals surface area contributed by atoms with Crippen molar-refractivity contribution in [3.05, 3.63) is 0 Å². The van der Waals surface area contributed by atoms with Gasteiger partial charge in [-0.25, -0.2) is 0 Å². The van der Waals surface area contributed by atoms with E-state index in [4.69, 9.17) is 9.47 Å². The van der Waals surface area contributed by atoms with E-state index in [2.05, 4.69) is 11.8 Å². The first-order valence-corrected chi connectivity index (χ1v) is 3.02. The third-order valence-electron chi connectivity index (χ3n) is 1.06. The Morgan fingerprint density at radius 2 is 2.56 bits per heavy atom. The number of hydrogen-bond acceptors (Lipinski definition) is 2. The van der Waals surface area contributed by atoms with E-state index < -0.39 is 0 Å². The maximum absolute atomic E-state index is 5.10. The van der Waals surface area contributed by atoms with Gasteiger partial charge in [-0.05, 0) is 6.92 Å². The smallest absolute Gasteiger partial charge is 0.107 e. The van der Waals surface area contributed by atoms with Crippen LogP contribution in [0.3, 0.4) is 0 Å².